The Labute approximate surface area is 94.6 Å². The summed E-state index contributed by atoms with van der Waals surface area (Å²) < 4.78 is 0. The van der Waals surface area contributed by atoms with Crippen LogP contribution in [0.25, 0.3) is 0 Å². The highest BCUT2D eigenvalue weighted by atomic mass is 35.5. The van der Waals surface area contributed by atoms with Gasteiger partial charge in [-0.2, -0.15) is 0 Å². The zero-order chi connectivity index (χ0) is 10.8. The Morgan fingerprint density at radius 3 is 2.67 bits per heavy atom. The molecule has 1 amide bonds. The van der Waals surface area contributed by atoms with E-state index in [0.717, 1.165) is 18.0 Å². The van der Waals surface area contributed by atoms with Gasteiger partial charge >= 0.3 is 0 Å². The summed E-state index contributed by atoms with van der Waals surface area (Å²) in [5, 5.41) is 3.65. The second kappa shape index (κ2) is 4.23. The molecule has 0 aliphatic carbocycles. The first-order valence-electron chi connectivity index (χ1n) is 5.25. The van der Waals surface area contributed by atoms with E-state index in [4.69, 9.17) is 11.6 Å². The number of amides is 1. The molecule has 1 aliphatic heterocycles. The molecule has 1 N–H and O–H groups in total. The molecule has 1 saturated heterocycles. The molecule has 1 aromatic rings. The third-order valence-electron chi connectivity index (χ3n) is 3.06. The Kier molecular flexibility index (Phi) is 2.96. The van der Waals surface area contributed by atoms with Crippen LogP contribution in [0, 0.1) is 5.92 Å². The van der Waals surface area contributed by atoms with E-state index in [9.17, 15) is 4.79 Å². The molecule has 1 heterocycles. The Morgan fingerprint density at radius 1 is 1.40 bits per heavy atom. The second-order valence-electron chi connectivity index (χ2n) is 3.92. The van der Waals surface area contributed by atoms with Crippen LogP contribution in [0.4, 0.5) is 0 Å². The maximum Gasteiger partial charge on any atom is 0.223 e. The van der Waals surface area contributed by atoms with Gasteiger partial charge in [-0.3, -0.25) is 4.79 Å². The fraction of sp³-hybridized carbons (Fsp3) is 0.417. The highest BCUT2D eigenvalue weighted by Crippen LogP contribution is 2.31. The van der Waals surface area contributed by atoms with Crippen molar-refractivity contribution in [2.24, 2.45) is 5.92 Å². The third kappa shape index (κ3) is 2.00. The van der Waals surface area contributed by atoms with Crippen molar-refractivity contribution >= 4 is 17.5 Å². The first kappa shape index (κ1) is 10.5. The molecule has 1 aliphatic rings. The molecule has 0 bridgehead atoms. The summed E-state index contributed by atoms with van der Waals surface area (Å²) in [5.41, 5.74) is 1.20. The lowest BCUT2D eigenvalue weighted by Gasteiger charge is -2.15. The van der Waals surface area contributed by atoms with Crippen LogP contribution in [0.5, 0.6) is 0 Å². The predicted molar refractivity (Wildman–Crippen MR) is 61.0 cm³/mol. The van der Waals surface area contributed by atoms with Crippen LogP contribution in [0.2, 0.25) is 5.02 Å². The quantitative estimate of drug-likeness (QED) is 0.821. The van der Waals surface area contributed by atoms with Gasteiger partial charge in [0.15, 0.2) is 0 Å². The van der Waals surface area contributed by atoms with Crippen molar-refractivity contribution in [2.75, 3.05) is 6.54 Å². The molecule has 0 saturated carbocycles. The van der Waals surface area contributed by atoms with Crippen LogP contribution >= 0.6 is 11.6 Å². The standard InChI is InChI=1S/C12H14ClNO/c1-2-10-11(7-14-12(10)15)8-3-5-9(13)6-4-8/h3-6,10-11H,2,7H2,1H3,(H,14,15). The third-order valence-corrected chi connectivity index (χ3v) is 3.31. The smallest absolute Gasteiger partial charge is 0.223 e. The number of benzene rings is 1. The fourth-order valence-corrected chi connectivity index (χ4v) is 2.32. The van der Waals surface area contributed by atoms with E-state index in [-0.39, 0.29) is 11.8 Å². The first-order chi connectivity index (χ1) is 7.22. The molecule has 1 aromatic carbocycles. The van der Waals surface area contributed by atoms with Gasteiger partial charge in [0.1, 0.15) is 0 Å². The maximum absolute atomic E-state index is 11.5. The Bertz CT molecular complexity index is 360. The number of hydrogen-bond donors (Lipinski definition) is 1. The van der Waals surface area contributed by atoms with Gasteiger partial charge in [0.25, 0.3) is 0 Å². The van der Waals surface area contributed by atoms with Gasteiger partial charge in [-0.15, -0.1) is 0 Å². The number of carbonyl (C=O) groups excluding carboxylic acids is 1. The van der Waals surface area contributed by atoms with Crippen molar-refractivity contribution < 1.29 is 4.79 Å². The van der Waals surface area contributed by atoms with Gasteiger partial charge in [0.2, 0.25) is 5.91 Å². The minimum Gasteiger partial charge on any atom is -0.355 e. The molecule has 15 heavy (non-hydrogen) atoms. The van der Waals surface area contributed by atoms with Gasteiger partial charge < -0.3 is 5.32 Å². The van der Waals surface area contributed by atoms with Gasteiger partial charge in [-0.25, -0.2) is 0 Å². The number of halogens is 1. The molecule has 2 nitrogen and oxygen atoms in total. The number of carbonyl (C=O) groups is 1. The highest BCUT2D eigenvalue weighted by Gasteiger charge is 2.33. The first-order valence-corrected chi connectivity index (χ1v) is 5.63. The summed E-state index contributed by atoms with van der Waals surface area (Å²) in [6.07, 6.45) is 0.888. The zero-order valence-electron chi connectivity index (χ0n) is 8.66. The Hall–Kier alpha value is -1.02. The molecule has 3 heteroatoms. The normalized spacial score (nSPS) is 25.3. The summed E-state index contributed by atoms with van der Waals surface area (Å²) in [4.78, 5) is 11.5. The van der Waals surface area contributed by atoms with Gasteiger partial charge in [0.05, 0.1) is 0 Å². The summed E-state index contributed by atoms with van der Waals surface area (Å²) in [6.45, 7) is 2.80. The molecular formula is C12H14ClNO. The molecule has 2 atom stereocenters. The van der Waals surface area contributed by atoms with Crippen LogP contribution in [0.1, 0.15) is 24.8 Å². The van der Waals surface area contributed by atoms with Crippen LogP contribution < -0.4 is 5.32 Å². The number of rotatable bonds is 2. The van der Waals surface area contributed by atoms with E-state index in [1.54, 1.807) is 0 Å². The van der Waals surface area contributed by atoms with E-state index >= 15 is 0 Å². The average Bonchev–Trinajstić information content (AvgIpc) is 2.61. The molecule has 1 fully saturated rings. The van der Waals surface area contributed by atoms with E-state index in [0.29, 0.717) is 5.92 Å². The van der Waals surface area contributed by atoms with Crippen LogP contribution in [-0.4, -0.2) is 12.5 Å². The maximum atomic E-state index is 11.5. The van der Waals surface area contributed by atoms with Crippen molar-refractivity contribution in [2.45, 2.75) is 19.3 Å². The number of hydrogen-bond acceptors (Lipinski definition) is 1. The average molecular weight is 224 g/mol. The van der Waals surface area contributed by atoms with E-state index in [1.165, 1.54) is 5.56 Å². The zero-order valence-corrected chi connectivity index (χ0v) is 9.42. The minimum atomic E-state index is 0.117. The van der Waals surface area contributed by atoms with Crippen LogP contribution in [0.3, 0.4) is 0 Å². The fourth-order valence-electron chi connectivity index (χ4n) is 2.20. The molecule has 2 unspecified atom stereocenters. The highest BCUT2D eigenvalue weighted by molar-refractivity contribution is 6.30. The summed E-state index contributed by atoms with van der Waals surface area (Å²) >= 11 is 5.83. The minimum absolute atomic E-state index is 0.117. The molecule has 0 spiro atoms. The summed E-state index contributed by atoms with van der Waals surface area (Å²) in [5.74, 6) is 0.600. The largest absolute Gasteiger partial charge is 0.355 e. The monoisotopic (exact) mass is 223 g/mol. The molecule has 0 aromatic heterocycles. The summed E-state index contributed by atoms with van der Waals surface area (Å²) in [6, 6.07) is 7.78. The van der Waals surface area contributed by atoms with E-state index in [2.05, 4.69) is 12.2 Å². The van der Waals surface area contributed by atoms with Crippen molar-refractivity contribution in [1.29, 1.82) is 0 Å². The molecule has 0 radical (unpaired) electrons. The lowest BCUT2D eigenvalue weighted by atomic mass is 9.87. The van der Waals surface area contributed by atoms with Crippen molar-refractivity contribution in [3.8, 4) is 0 Å². The van der Waals surface area contributed by atoms with Gasteiger partial charge in [0, 0.05) is 23.4 Å². The van der Waals surface area contributed by atoms with E-state index < -0.39 is 0 Å². The second-order valence-corrected chi connectivity index (χ2v) is 4.35. The van der Waals surface area contributed by atoms with Gasteiger partial charge in [-0.05, 0) is 24.1 Å². The molecular weight excluding hydrogens is 210 g/mol. The van der Waals surface area contributed by atoms with Crippen LogP contribution in [-0.2, 0) is 4.79 Å². The molecule has 2 rings (SSSR count). The SMILES string of the molecule is CCC1C(=O)NCC1c1ccc(Cl)cc1. The van der Waals surface area contributed by atoms with Gasteiger partial charge in [-0.1, -0.05) is 30.7 Å². The predicted octanol–water partition coefficient (Wildman–Crippen LogP) is 2.58. The number of nitrogens with one attached hydrogen (secondary N) is 1. The Balaban J connectivity index is 2.23. The van der Waals surface area contributed by atoms with Crippen molar-refractivity contribution in [3.63, 3.8) is 0 Å². The van der Waals surface area contributed by atoms with Crippen LogP contribution in [0.15, 0.2) is 24.3 Å². The van der Waals surface area contributed by atoms with Crippen molar-refractivity contribution in [3.05, 3.63) is 34.9 Å². The topological polar surface area (TPSA) is 29.1 Å². The summed E-state index contributed by atoms with van der Waals surface area (Å²) in [7, 11) is 0. The van der Waals surface area contributed by atoms with E-state index in [1.807, 2.05) is 24.3 Å². The Morgan fingerprint density at radius 2 is 2.07 bits per heavy atom. The lowest BCUT2D eigenvalue weighted by molar-refractivity contribution is -0.122. The lowest BCUT2D eigenvalue weighted by Crippen LogP contribution is -2.18. The van der Waals surface area contributed by atoms with Crippen molar-refractivity contribution in [1.82, 2.24) is 5.32 Å². The molecule has 80 valence electrons.